The van der Waals surface area contributed by atoms with E-state index in [0.717, 1.165) is 30.5 Å². The van der Waals surface area contributed by atoms with Gasteiger partial charge in [-0.2, -0.15) is 0 Å². The van der Waals surface area contributed by atoms with Crippen molar-refractivity contribution in [2.75, 3.05) is 0 Å². The molecule has 26 heavy (non-hydrogen) atoms. The Hall–Kier alpha value is -2.37. The lowest BCUT2D eigenvalue weighted by atomic mass is 10.0. The van der Waals surface area contributed by atoms with Crippen LogP contribution in [-0.4, -0.2) is 6.43 Å². The van der Waals surface area contributed by atoms with Crippen LogP contribution in [0.15, 0.2) is 42.7 Å². The van der Waals surface area contributed by atoms with E-state index in [1.165, 1.54) is 6.07 Å². The predicted octanol–water partition coefficient (Wildman–Crippen LogP) is 6.00. The van der Waals surface area contributed by atoms with Crippen molar-refractivity contribution in [3.63, 3.8) is 0 Å². The summed E-state index contributed by atoms with van der Waals surface area (Å²) < 4.78 is 70.4. The van der Waals surface area contributed by atoms with E-state index < -0.39 is 23.8 Å². The Morgan fingerprint density at radius 3 is 2.12 bits per heavy atom. The summed E-state index contributed by atoms with van der Waals surface area (Å²) in [6.45, 7) is 2.01. The third kappa shape index (κ3) is 5.58. The van der Waals surface area contributed by atoms with Crippen LogP contribution in [0, 0.1) is 17.5 Å². The molecule has 6 heteroatoms. The molecule has 2 rings (SSSR count). The highest BCUT2D eigenvalue weighted by molar-refractivity contribution is 5.33. The Kier molecular flexibility index (Phi) is 7.18. The fourth-order valence-electron chi connectivity index (χ4n) is 2.55. The van der Waals surface area contributed by atoms with Crippen LogP contribution in [0.25, 0.3) is 0 Å². The minimum Gasteiger partial charge on any atom is -0.459 e. The second-order valence-corrected chi connectivity index (χ2v) is 5.85. The van der Waals surface area contributed by atoms with E-state index in [1.54, 1.807) is 6.07 Å². The molecule has 2 aromatic carbocycles. The first kappa shape index (κ1) is 19.9. The lowest BCUT2D eigenvalue weighted by molar-refractivity contribution is 0.200. The molecular formula is C20H19F5O. The van der Waals surface area contributed by atoms with Crippen LogP contribution in [0.2, 0.25) is 0 Å². The summed E-state index contributed by atoms with van der Waals surface area (Å²) in [5.74, 6) is -3.09. The second-order valence-electron chi connectivity index (χ2n) is 5.85. The summed E-state index contributed by atoms with van der Waals surface area (Å²) in [4.78, 5) is 0. The van der Waals surface area contributed by atoms with E-state index in [1.807, 2.05) is 13.0 Å². The smallest absolute Gasteiger partial charge is 0.260 e. The van der Waals surface area contributed by atoms with E-state index in [9.17, 15) is 22.0 Å². The maximum absolute atomic E-state index is 14.1. The molecule has 140 valence electrons. The van der Waals surface area contributed by atoms with Gasteiger partial charge in [0.2, 0.25) is 0 Å². The third-order valence-corrected chi connectivity index (χ3v) is 3.81. The minimum atomic E-state index is -2.78. The number of aryl methyl sites for hydroxylation is 3. The molecule has 0 fully saturated rings. The van der Waals surface area contributed by atoms with Crippen molar-refractivity contribution >= 4 is 0 Å². The van der Waals surface area contributed by atoms with Crippen molar-refractivity contribution in [2.45, 2.75) is 39.0 Å². The van der Waals surface area contributed by atoms with Crippen LogP contribution in [-0.2, 0) is 19.3 Å². The zero-order chi connectivity index (χ0) is 19.1. The Morgan fingerprint density at radius 2 is 1.54 bits per heavy atom. The van der Waals surface area contributed by atoms with Gasteiger partial charge >= 0.3 is 0 Å². The zero-order valence-electron chi connectivity index (χ0n) is 14.2. The van der Waals surface area contributed by atoms with E-state index in [-0.39, 0.29) is 18.7 Å². The normalized spacial score (nSPS) is 11.5. The zero-order valence-corrected chi connectivity index (χ0v) is 14.2. The number of halogens is 5. The van der Waals surface area contributed by atoms with Crippen molar-refractivity contribution < 1.29 is 26.7 Å². The number of rotatable bonds is 8. The van der Waals surface area contributed by atoms with Gasteiger partial charge in [0.15, 0.2) is 17.4 Å². The van der Waals surface area contributed by atoms with Gasteiger partial charge in [0.25, 0.3) is 6.43 Å². The van der Waals surface area contributed by atoms with E-state index >= 15 is 0 Å². The summed E-state index contributed by atoms with van der Waals surface area (Å²) in [5, 5.41) is 0. The topological polar surface area (TPSA) is 9.23 Å². The first-order valence-electron chi connectivity index (χ1n) is 8.27. The molecule has 0 aliphatic carbocycles. The number of allylic oxidation sites excluding steroid dienone is 1. The van der Waals surface area contributed by atoms with Crippen molar-refractivity contribution in [1.29, 1.82) is 0 Å². The molecule has 0 unspecified atom stereocenters. The standard InChI is InChI=1S/C20H19F5O/c1-2-3-13-4-6-15(16(21)10-13)7-5-14-11-17(22)20(18(23)12-14)26-9-8-19(24)25/h4,6,8-12,19H,2-3,5,7H2,1H3/b9-8+. The average Bonchev–Trinajstić information content (AvgIpc) is 2.56. The highest BCUT2D eigenvalue weighted by Gasteiger charge is 2.13. The molecule has 0 bridgehead atoms. The highest BCUT2D eigenvalue weighted by Crippen LogP contribution is 2.25. The maximum atomic E-state index is 14.1. The van der Waals surface area contributed by atoms with Crippen LogP contribution in [0.4, 0.5) is 22.0 Å². The van der Waals surface area contributed by atoms with Crippen LogP contribution < -0.4 is 4.74 Å². The van der Waals surface area contributed by atoms with E-state index in [4.69, 9.17) is 0 Å². The molecule has 0 atom stereocenters. The highest BCUT2D eigenvalue weighted by atomic mass is 19.3. The molecule has 0 aliphatic rings. The van der Waals surface area contributed by atoms with Gasteiger partial charge in [0, 0.05) is 6.08 Å². The Morgan fingerprint density at radius 1 is 0.885 bits per heavy atom. The molecule has 2 aromatic rings. The average molecular weight is 370 g/mol. The van der Waals surface area contributed by atoms with Crippen molar-refractivity contribution in [3.8, 4) is 5.75 Å². The van der Waals surface area contributed by atoms with E-state index in [0.29, 0.717) is 23.5 Å². The molecule has 0 saturated carbocycles. The summed E-state index contributed by atoms with van der Waals surface area (Å²) in [5.41, 5.74) is 1.69. The lowest BCUT2D eigenvalue weighted by Gasteiger charge is -2.09. The molecule has 1 nitrogen and oxygen atoms in total. The van der Waals surface area contributed by atoms with Gasteiger partial charge in [-0.05, 0) is 54.2 Å². The van der Waals surface area contributed by atoms with Gasteiger partial charge in [-0.25, -0.2) is 22.0 Å². The largest absolute Gasteiger partial charge is 0.459 e. The SMILES string of the molecule is CCCc1ccc(CCc2cc(F)c(O/C=C/C(F)F)c(F)c2)c(F)c1. The second kappa shape index (κ2) is 9.36. The molecule has 0 heterocycles. The van der Waals surface area contributed by atoms with Gasteiger partial charge < -0.3 is 4.74 Å². The van der Waals surface area contributed by atoms with Gasteiger partial charge in [-0.3, -0.25) is 0 Å². The molecule has 0 aromatic heterocycles. The maximum Gasteiger partial charge on any atom is 0.260 e. The third-order valence-electron chi connectivity index (χ3n) is 3.81. The number of benzene rings is 2. The quantitative estimate of drug-likeness (QED) is 0.409. The summed E-state index contributed by atoms with van der Waals surface area (Å²) in [6, 6.07) is 7.11. The predicted molar refractivity (Wildman–Crippen MR) is 89.9 cm³/mol. The molecule has 0 radical (unpaired) electrons. The first-order chi connectivity index (χ1) is 12.4. The summed E-state index contributed by atoms with van der Waals surface area (Å²) >= 11 is 0. The molecular weight excluding hydrogens is 351 g/mol. The summed E-state index contributed by atoms with van der Waals surface area (Å²) in [6.07, 6.45) is 0.344. The van der Waals surface area contributed by atoms with Crippen molar-refractivity contribution in [3.05, 3.63) is 76.8 Å². The Balaban J connectivity index is 2.06. The van der Waals surface area contributed by atoms with E-state index in [2.05, 4.69) is 4.74 Å². The van der Waals surface area contributed by atoms with Crippen LogP contribution >= 0.6 is 0 Å². The van der Waals surface area contributed by atoms with Gasteiger partial charge in [-0.1, -0.05) is 25.5 Å². The molecule has 0 saturated heterocycles. The number of hydrogen-bond donors (Lipinski definition) is 0. The number of hydrogen-bond acceptors (Lipinski definition) is 1. The summed E-state index contributed by atoms with van der Waals surface area (Å²) in [7, 11) is 0. The Bertz CT molecular complexity index is 748. The first-order valence-corrected chi connectivity index (χ1v) is 8.27. The van der Waals surface area contributed by atoms with Gasteiger partial charge in [0.05, 0.1) is 6.26 Å². The van der Waals surface area contributed by atoms with Gasteiger partial charge in [0.1, 0.15) is 5.82 Å². The molecule has 0 amide bonds. The van der Waals surface area contributed by atoms with Crippen LogP contribution in [0.3, 0.4) is 0 Å². The fourth-order valence-corrected chi connectivity index (χ4v) is 2.55. The molecule has 0 N–H and O–H groups in total. The van der Waals surface area contributed by atoms with Crippen molar-refractivity contribution in [2.24, 2.45) is 0 Å². The van der Waals surface area contributed by atoms with Gasteiger partial charge in [-0.15, -0.1) is 0 Å². The van der Waals surface area contributed by atoms with Crippen molar-refractivity contribution in [1.82, 2.24) is 0 Å². The van der Waals surface area contributed by atoms with Crippen LogP contribution in [0.5, 0.6) is 5.75 Å². The molecule has 0 aliphatic heterocycles. The minimum absolute atomic E-state index is 0.227. The Labute approximate surface area is 149 Å². The van der Waals surface area contributed by atoms with Crippen LogP contribution in [0.1, 0.15) is 30.0 Å². The lowest BCUT2D eigenvalue weighted by Crippen LogP contribution is -2.00. The monoisotopic (exact) mass is 370 g/mol. The number of alkyl halides is 2. The number of ether oxygens (including phenoxy) is 1. The molecule has 0 spiro atoms. The fraction of sp³-hybridized carbons (Fsp3) is 0.300.